The highest BCUT2D eigenvalue weighted by Crippen LogP contribution is 2.15. The van der Waals surface area contributed by atoms with Gasteiger partial charge < -0.3 is 0 Å². The van der Waals surface area contributed by atoms with Crippen molar-refractivity contribution in [1.82, 2.24) is 15.4 Å². The topological polar surface area (TPSA) is 63.8 Å². The van der Waals surface area contributed by atoms with Crippen molar-refractivity contribution < 1.29 is 0 Å². The Morgan fingerprint density at radius 3 is 2.56 bits per heavy atom. The Morgan fingerprint density at radius 2 is 2.00 bits per heavy atom. The molecule has 0 aliphatic heterocycles. The van der Waals surface area contributed by atoms with Gasteiger partial charge in [-0.25, -0.2) is 0 Å². The van der Waals surface area contributed by atoms with Crippen molar-refractivity contribution in [2.45, 2.75) is 25.8 Å². The van der Waals surface area contributed by atoms with Crippen molar-refractivity contribution in [3.63, 3.8) is 0 Å². The Balaban J connectivity index is 2.10. The van der Waals surface area contributed by atoms with Gasteiger partial charge in [-0.3, -0.25) is 21.2 Å². The second kappa shape index (κ2) is 6.23. The fourth-order valence-corrected chi connectivity index (χ4v) is 1.86. The van der Waals surface area contributed by atoms with Crippen molar-refractivity contribution in [2.75, 3.05) is 0 Å². The SMILES string of the molecule is CCc1ccc(CC(NN)c2ccncc2)nc1. The normalized spacial score (nSPS) is 12.3. The van der Waals surface area contributed by atoms with Crippen LogP contribution in [0.1, 0.15) is 29.8 Å². The second-order valence-corrected chi connectivity index (χ2v) is 4.22. The van der Waals surface area contributed by atoms with Gasteiger partial charge in [0.25, 0.3) is 0 Å². The molecule has 2 aromatic heterocycles. The molecular formula is C14H18N4. The minimum Gasteiger partial charge on any atom is -0.271 e. The summed E-state index contributed by atoms with van der Waals surface area (Å²) in [6.45, 7) is 2.12. The quantitative estimate of drug-likeness (QED) is 0.619. The third kappa shape index (κ3) is 3.12. The molecule has 0 amide bonds. The molecule has 18 heavy (non-hydrogen) atoms. The molecule has 2 rings (SSSR count). The number of pyridine rings is 2. The first-order valence-electron chi connectivity index (χ1n) is 6.13. The monoisotopic (exact) mass is 242 g/mol. The lowest BCUT2D eigenvalue weighted by Gasteiger charge is -2.15. The predicted octanol–water partition coefficient (Wildman–Crippen LogP) is 1.79. The number of aromatic nitrogens is 2. The van der Waals surface area contributed by atoms with E-state index in [1.165, 1.54) is 5.56 Å². The fraction of sp³-hybridized carbons (Fsp3) is 0.286. The molecule has 0 spiro atoms. The van der Waals surface area contributed by atoms with E-state index in [0.29, 0.717) is 0 Å². The number of hydrogen-bond donors (Lipinski definition) is 2. The van der Waals surface area contributed by atoms with Gasteiger partial charge in [-0.15, -0.1) is 0 Å². The van der Waals surface area contributed by atoms with Gasteiger partial charge in [0, 0.05) is 30.7 Å². The Morgan fingerprint density at radius 1 is 1.22 bits per heavy atom. The van der Waals surface area contributed by atoms with Crippen molar-refractivity contribution in [1.29, 1.82) is 0 Å². The number of hydrogen-bond acceptors (Lipinski definition) is 4. The third-order valence-corrected chi connectivity index (χ3v) is 3.02. The van der Waals surface area contributed by atoms with Crippen LogP contribution >= 0.6 is 0 Å². The summed E-state index contributed by atoms with van der Waals surface area (Å²) in [5.41, 5.74) is 6.23. The van der Waals surface area contributed by atoms with E-state index < -0.39 is 0 Å². The minimum absolute atomic E-state index is 0.0629. The molecular weight excluding hydrogens is 224 g/mol. The zero-order valence-corrected chi connectivity index (χ0v) is 10.5. The van der Waals surface area contributed by atoms with E-state index in [9.17, 15) is 0 Å². The van der Waals surface area contributed by atoms with Gasteiger partial charge in [0.2, 0.25) is 0 Å². The van der Waals surface area contributed by atoms with E-state index in [1.807, 2.05) is 18.3 Å². The first-order chi connectivity index (χ1) is 8.83. The molecule has 0 aliphatic rings. The average molecular weight is 242 g/mol. The van der Waals surface area contributed by atoms with E-state index >= 15 is 0 Å². The summed E-state index contributed by atoms with van der Waals surface area (Å²) in [5.74, 6) is 5.61. The Kier molecular flexibility index (Phi) is 4.39. The Hall–Kier alpha value is -1.78. The van der Waals surface area contributed by atoms with Crippen LogP contribution in [0, 0.1) is 0 Å². The summed E-state index contributed by atoms with van der Waals surface area (Å²) >= 11 is 0. The Labute approximate surface area is 107 Å². The molecule has 0 fully saturated rings. The largest absolute Gasteiger partial charge is 0.271 e. The van der Waals surface area contributed by atoms with Crippen LogP contribution in [0.2, 0.25) is 0 Å². The molecule has 3 N–H and O–H groups in total. The van der Waals surface area contributed by atoms with Gasteiger partial charge >= 0.3 is 0 Å². The Bertz CT molecular complexity index is 467. The molecule has 2 heterocycles. The molecule has 94 valence electrons. The van der Waals surface area contributed by atoms with Crippen LogP contribution in [0.3, 0.4) is 0 Å². The number of aryl methyl sites for hydroxylation is 1. The lowest BCUT2D eigenvalue weighted by molar-refractivity contribution is 0.545. The zero-order chi connectivity index (χ0) is 12.8. The van der Waals surface area contributed by atoms with Gasteiger partial charge in [-0.2, -0.15) is 0 Å². The fourth-order valence-electron chi connectivity index (χ4n) is 1.86. The highest BCUT2D eigenvalue weighted by Gasteiger charge is 2.10. The summed E-state index contributed by atoms with van der Waals surface area (Å²) in [4.78, 5) is 8.46. The molecule has 4 heteroatoms. The smallest absolute Gasteiger partial charge is 0.0516 e. The number of rotatable bonds is 5. The minimum atomic E-state index is 0.0629. The van der Waals surface area contributed by atoms with Crippen LogP contribution in [0.15, 0.2) is 42.9 Å². The molecule has 0 saturated heterocycles. The summed E-state index contributed by atoms with van der Waals surface area (Å²) in [5, 5.41) is 0. The zero-order valence-electron chi connectivity index (χ0n) is 10.5. The number of hydrazine groups is 1. The van der Waals surface area contributed by atoms with E-state index in [0.717, 1.165) is 24.1 Å². The van der Waals surface area contributed by atoms with Crippen LogP contribution in [-0.4, -0.2) is 9.97 Å². The first kappa shape index (κ1) is 12.7. The molecule has 0 aliphatic carbocycles. The summed E-state index contributed by atoms with van der Waals surface area (Å²) in [6, 6.07) is 8.16. The molecule has 2 aromatic rings. The van der Waals surface area contributed by atoms with E-state index in [-0.39, 0.29) is 6.04 Å². The van der Waals surface area contributed by atoms with Gasteiger partial charge in [0.05, 0.1) is 6.04 Å². The van der Waals surface area contributed by atoms with Crippen LogP contribution in [0.4, 0.5) is 0 Å². The number of nitrogens with one attached hydrogen (secondary N) is 1. The summed E-state index contributed by atoms with van der Waals surface area (Å²) < 4.78 is 0. The van der Waals surface area contributed by atoms with Crippen LogP contribution in [0.5, 0.6) is 0 Å². The summed E-state index contributed by atoms with van der Waals surface area (Å²) in [6.07, 6.45) is 7.25. The number of nitrogens with two attached hydrogens (primary N) is 1. The maximum Gasteiger partial charge on any atom is 0.0516 e. The maximum atomic E-state index is 5.61. The maximum absolute atomic E-state index is 5.61. The van der Waals surface area contributed by atoms with Gasteiger partial charge in [-0.1, -0.05) is 13.0 Å². The van der Waals surface area contributed by atoms with Crippen LogP contribution in [0.25, 0.3) is 0 Å². The highest BCUT2D eigenvalue weighted by molar-refractivity contribution is 5.20. The van der Waals surface area contributed by atoms with Crippen molar-refractivity contribution in [3.8, 4) is 0 Å². The second-order valence-electron chi connectivity index (χ2n) is 4.22. The van der Waals surface area contributed by atoms with Crippen molar-refractivity contribution in [2.24, 2.45) is 5.84 Å². The van der Waals surface area contributed by atoms with Crippen LogP contribution < -0.4 is 11.3 Å². The van der Waals surface area contributed by atoms with Crippen molar-refractivity contribution >= 4 is 0 Å². The highest BCUT2D eigenvalue weighted by atomic mass is 15.2. The van der Waals surface area contributed by atoms with E-state index in [2.05, 4.69) is 34.5 Å². The molecule has 4 nitrogen and oxygen atoms in total. The van der Waals surface area contributed by atoms with Gasteiger partial charge in [0.1, 0.15) is 0 Å². The third-order valence-electron chi connectivity index (χ3n) is 3.02. The van der Waals surface area contributed by atoms with Gasteiger partial charge in [-0.05, 0) is 35.7 Å². The molecule has 0 aromatic carbocycles. The summed E-state index contributed by atoms with van der Waals surface area (Å²) in [7, 11) is 0. The predicted molar refractivity (Wildman–Crippen MR) is 71.6 cm³/mol. The number of nitrogens with zero attached hydrogens (tertiary/aromatic N) is 2. The molecule has 0 radical (unpaired) electrons. The van der Waals surface area contributed by atoms with Crippen LogP contribution in [-0.2, 0) is 12.8 Å². The molecule has 1 unspecified atom stereocenters. The van der Waals surface area contributed by atoms with Gasteiger partial charge in [0.15, 0.2) is 0 Å². The average Bonchev–Trinajstić information content (AvgIpc) is 2.46. The van der Waals surface area contributed by atoms with E-state index in [4.69, 9.17) is 5.84 Å². The lowest BCUT2D eigenvalue weighted by atomic mass is 10.0. The molecule has 0 bridgehead atoms. The van der Waals surface area contributed by atoms with Crippen molar-refractivity contribution in [3.05, 3.63) is 59.7 Å². The standard InChI is InChI=1S/C14H18N4/c1-2-11-3-4-13(17-10-11)9-14(18-15)12-5-7-16-8-6-12/h3-8,10,14,18H,2,9,15H2,1H3. The lowest BCUT2D eigenvalue weighted by Crippen LogP contribution is -2.29. The first-order valence-corrected chi connectivity index (χ1v) is 6.13. The van der Waals surface area contributed by atoms with E-state index in [1.54, 1.807) is 12.4 Å². The molecule has 0 saturated carbocycles. The molecule has 1 atom stereocenters.